The number of carboxylic acid groups (broad SMARTS) is 1. The Hall–Kier alpha value is -1.86. The van der Waals surface area contributed by atoms with E-state index in [9.17, 15) is 14.7 Å². The van der Waals surface area contributed by atoms with Gasteiger partial charge in [0.25, 0.3) is 5.91 Å². The minimum atomic E-state index is -1.34. The van der Waals surface area contributed by atoms with E-state index in [1.165, 1.54) is 0 Å². The number of thiocarbonyl (C=S) groups is 1. The standard InChI is InChI=1S/C17H19NO4S2/c1-11(2)7-8-22-13-5-3-12(4-6-13)9-14-16(21)18(10-15(19)20)17(23)24-14/h3-6,9,11H,7-8,10H2,1-2H3,(H,19,20)/p-1/b14-9-. The first-order valence-electron chi connectivity index (χ1n) is 7.55. The molecule has 128 valence electrons. The van der Waals surface area contributed by atoms with Crippen LogP contribution in [0, 0.1) is 5.92 Å². The zero-order valence-electron chi connectivity index (χ0n) is 13.5. The smallest absolute Gasteiger partial charge is 0.266 e. The van der Waals surface area contributed by atoms with Gasteiger partial charge in [-0.1, -0.05) is 50.0 Å². The fourth-order valence-corrected chi connectivity index (χ4v) is 3.24. The minimum absolute atomic E-state index is 0.226. The Bertz CT molecular complexity index is 668. The summed E-state index contributed by atoms with van der Waals surface area (Å²) in [6, 6.07) is 7.37. The maximum Gasteiger partial charge on any atom is 0.266 e. The molecule has 1 aliphatic rings. The van der Waals surface area contributed by atoms with Crippen LogP contribution >= 0.6 is 24.0 Å². The molecule has 0 unspecified atom stereocenters. The van der Waals surface area contributed by atoms with Gasteiger partial charge < -0.3 is 14.6 Å². The topological polar surface area (TPSA) is 69.7 Å². The number of aliphatic carboxylic acids is 1. The van der Waals surface area contributed by atoms with Crippen LogP contribution in [0.25, 0.3) is 6.08 Å². The van der Waals surface area contributed by atoms with Crippen LogP contribution in [0.3, 0.4) is 0 Å². The molecule has 0 bridgehead atoms. The predicted octanol–water partition coefficient (Wildman–Crippen LogP) is 2.06. The van der Waals surface area contributed by atoms with Crippen molar-refractivity contribution in [2.45, 2.75) is 20.3 Å². The average Bonchev–Trinajstić information content (AvgIpc) is 2.76. The van der Waals surface area contributed by atoms with Crippen LogP contribution in [0.5, 0.6) is 5.75 Å². The Morgan fingerprint density at radius 2 is 2.04 bits per heavy atom. The van der Waals surface area contributed by atoms with Gasteiger partial charge in [0.15, 0.2) is 0 Å². The third-order valence-electron chi connectivity index (χ3n) is 3.30. The summed E-state index contributed by atoms with van der Waals surface area (Å²) >= 11 is 6.12. The lowest BCUT2D eigenvalue weighted by molar-refractivity contribution is -0.305. The Morgan fingerprint density at radius 3 is 2.62 bits per heavy atom. The highest BCUT2D eigenvalue weighted by Gasteiger charge is 2.31. The summed E-state index contributed by atoms with van der Waals surface area (Å²) in [5.41, 5.74) is 0.820. The third-order valence-corrected chi connectivity index (χ3v) is 4.68. The molecule has 1 fully saturated rings. The van der Waals surface area contributed by atoms with E-state index < -0.39 is 18.4 Å². The molecule has 1 aromatic rings. The molecular weight excluding hydrogens is 346 g/mol. The first-order valence-corrected chi connectivity index (χ1v) is 8.77. The van der Waals surface area contributed by atoms with Crippen molar-refractivity contribution in [1.29, 1.82) is 0 Å². The Kier molecular flexibility index (Phi) is 6.39. The van der Waals surface area contributed by atoms with E-state index in [-0.39, 0.29) is 4.32 Å². The van der Waals surface area contributed by atoms with Crippen molar-refractivity contribution in [2.75, 3.05) is 13.2 Å². The van der Waals surface area contributed by atoms with Gasteiger partial charge in [-0.3, -0.25) is 9.69 Å². The number of benzene rings is 1. The molecule has 1 aromatic carbocycles. The average molecular weight is 364 g/mol. The molecule has 1 saturated heterocycles. The lowest BCUT2D eigenvalue weighted by Crippen LogP contribution is -2.40. The SMILES string of the molecule is CC(C)CCOc1ccc(/C=C2\SC(=S)N(CC(=O)[O-])C2=O)cc1. The number of hydrogen-bond acceptors (Lipinski definition) is 6. The first-order chi connectivity index (χ1) is 11.4. The molecular formula is C17H18NO4S2-. The molecule has 0 radical (unpaired) electrons. The molecule has 0 atom stereocenters. The van der Waals surface area contributed by atoms with Crippen molar-refractivity contribution in [3.8, 4) is 5.75 Å². The first kappa shape index (κ1) is 18.5. The van der Waals surface area contributed by atoms with Gasteiger partial charge in [-0.15, -0.1) is 0 Å². The van der Waals surface area contributed by atoms with Gasteiger partial charge in [-0.2, -0.15) is 0 Å². The molecule has 0 saturated carbocycles. The molecule has 2 rings (SSSR count). The summed E-state index contributed by atoms with van der Waals surface area (Å²) < 4.78 is 5.87. The highest BCUT2D eigenvalue weighted by atomic mass is 32.2. The van der Waals surface area contributed by atoms with Crippen molar-refractivity contribution >= 4 is 46.3 Å². The van der Waals surface area contributed by atoms with Gasteiger partial charge >= 0.3 is 0 Å². The van der Waals surface area contributed by atoms with E-state index in [2.05, 4.69) is 13.8 Å². The summed E-state index contributed by atoms with van der Waals surface area (Å²) in [5, 5.41) is 10.7. The Morgan fingerprint density at radius 1 is 1.38 bits per heavy atom. The van der Waals surface area contributed by atoms with Crippen LogP contribution < -0.4 is 9.84 Å². The Labute approximate surface area is 150 Å². The van der Waals surface area contributed by atoms with Crippen LogP contribution in [0.4, 0.5) is 0 Å². The van der Waals surface area contributed by atoms with E-state index >= 15 is 0 Å². The van der Waals surface area contributed by atoms with E-state index in [0.717, 1.165) is 34.4 Å². The van der Waals surface area contributed by atoms with Crippen molar-refractivity contribution in [3.63, 3.8) is 0 Å². The number of carbonyl (C=O) groups excluding carboxylic acids is 2. The molecule has 1 heterocycles. The number of carbonyl (C=O) groups is 2. The lowest BCUT2D eigenvalue weighted by Gasteiger charge is -2.14. The zero-order chi connectivity index (χ0) is 17.7. The molecule has 5 nitrogen and oxygen atoms in total. The van der Waals surface area contributed by atoms with E-state index in [0.29, 0.717) is 17.4 Å². The van der Waals surface area contributed by atoms with Crippen molar-refractivity contribution in [1.82, 2.24) is 4.90 Å². The van der Waals surface area contributed by atoms with E-state index in [1.54, 1.807) is 6.08 Å². The number of rotatable bonds is 7. The minimum Gasteiger partial charge on any atom is -0.548 e. The monoisotopic (exact) mass is 364 g/mol. The summed E-state index contributed by atoms with van der Waals surface area (Å²) in [4.78, 5) is 24.3. The molecule has 0 spiro atoms. The normalized spacial score (nSPS) is 16.3. The van der Waals surface area contributed by atoms with Gasteiger partial charge in [0, 0.05) is 0 Å². The van der Waals surface area contributed by atoms with Crippen LogP contribution in [0.15, 0.2) is 29.2 Å². The van der Waals surface area contributed by atoms with Crippen molar-refractivity contribution in [3.05, 3.63) is 34.7 Å². The van der Waals surface area contributed by atoms with Gasteiger partial charge in [0.1, 0.15) is 10.1 Å². The van der Waals surface area contributed by atoms with Crippen LogP contribution in [-0.4, -0.2) is 34.2 Å². The van der Waals surface area contributed by atoms with Gasteiger partial charge in [-0.25, -0.2) is 0 Å². The second-order valence-corrected chi connectivity index (χ2v) is 7.42. The number of hydrogen-bond donors (Lipinski definition) is 0. The third kappa shape index (κ3) is 5.07. The van der Waals surface area contributed by atoms with Crippen LogP contribution in [-0.2, 0) is 9.59 Å². The molecule has 0 N–H and O–H groups in total. The number of carboxylic acids is 1. The fourth-order valence-electron chi connectivity index (χ4n) is 1.99. The maximum absolute atomic E-state index is 12.2. The van der Waals surface area contributed by atoms with Crippen molar-refractivity contribution in [2.24, 2.45) is 5.92 Å². The number of nitrogens with zero attached hydrogens (tertiary/aromatic N) is 1. The number of thioether (sulfide) groups is 1. The van der Waals surface area contributed by atoms with Gasteiger partial charge in [0.2, 0.25) is 0 Å². The second kappa shape index (κ2) is 8.30. The predicted molar refractivity (Wildman–Crippen MR) is 96.3 cm³/mol. The molecule has 1 amide bonds. The lowest BCUT2D eigenvalue weighted by atomic mass is 10.1. The number of ether oxygens (including phenoxy) is 1. The fraction of sp³-hybridized carbons (Fsp3) is 0.353. The molecule has 24 heavy (non-hydrogen) atoms. The van der Waals surface area contributed by atoms with Crippen LogP contribution in [0.1, 0.15) is 25.8 Å². The second-order valence-electron chi connectivity index (χ2n) is 5.74. The highest BCUT2D eigenvalue weighted by molar-refractivity contribution is 8.26. The molecule has 1 aliphatic heterocycles. The molecule has 0 aromatic heterocycles. The maximum atomic E-state index is 12.2. The summed E-state index contributed by atoms with van der Waals surface area (Å²) in [7, 11) is 0. The van der Waals surface area contributed by atoms with Gasteiger partial charge in [-0.05, 0) is 36.1 Å². The molecule has 7 heteroatoms. The number of amides is 1. The zero-order valence-corrected chi connectivity index (χ0v) is 15.1. The quantitative estimate of drug-likeness (QED) is 0.545. The highest BCUT2D eigenvalue weighted by Crippen LogP contribution is 2.32. The summed E-state index contributed by atoms with van der Waals surface area (Å²) in [6.07, 6.45) is 2.68. The Balaban J connectivity index is 2.02. The van der Waals surface area contributed by atoms with Gasteiger partial charge in [0.05, 0.1) is 24.0 Å². The largest absolute Gasteiger partial charge is 0.548 e. The van der Waals surface area contributed by atoms with E-state index in [1.807, 2.05) is 24.3 Å². The summed E-state index contributed by atoms with van der Waals surface area (Å²) in [6.45, 7) is 4.43. The summed E-state index contributed by atoms with van der Waals surface area (Å²) in [5.74, 6) is -0.383. The van der Waals surface area contributed by atoms with Crippen molar-refractivity contribution < 1.29 is 19.4 Å². The molecule has 0 aliphatic carbocycles. The van der Waals surface area contributed by atoms with Crippen LogP contribution in [0.2, 0.25) is 0 Å². The van der Waals surface area contributed by atoms with E-state index in [4.69, 9.17) is 17.0 Å².